The van der Waals surface area contributed by atoms with E-state index in [4.69, 9.17) is 9.26 Å². The molecule has 0 aromatic carbocycles. The molecule has 0 amide bonds. The van der Waals surface area contributed by atoms with Crippen LogP contribution >= 0.6 is 0 Å². The van der Waals surface area contributed by atoms with Crippen LogP contribution in [0.3, 0.4) is 0 Å². The van der Waals surface area contributed by atoms with Crippen molar-refractivity contribution in [3.8, 4) is 0 Å². The van der Waals surface area contributed by atoms with Gasteiger partial charge in [0.15, 0.2) is 5.76 Å². The van der Waals surface area contributed by atoms with Crippen LogP contribution in [0, 0.1) is 0 Å². The Kier molecular flexibility index (Phi) is 7.05. The maximum atomic E-state index is 5.39. The molecule has 1 aromatic rings. The summed E-state index contributed by atoms with van der Waals surface area (Å²) < 4.78 is 10.5. The van der Waals surface area contributed by atoms with Crippen molar-refractivity contribution in [1.29, 1.82) is 0 Å². The van der Waals surface area contributed by atoms with Gasteiger partial charge in [-0.2, -0.15) is 0 Å². The van der Waals surface area contributed by atoms with E-state index in [9.17, 15) is 0 Å². The zero-order chi connectivity index (χ0) is 14.3. The molecule has 0 radical (unpaired) electrons. The largest absolute Gasteiger partial charge is 0.383 e. The van der Waals surface area contributed by atoms with Crippen molar-refractivity contribution in [3.63, 3.8) is 0 Å². The number of hydrogen-bond acceptors (Lipinski definition) is 5. The van der Waals surface area contributed by atoms with E-state index >= 15 is 0 Å². The highest BCUT2D eigenvalue weighted by atomic mass is 16.5. The van der Waals surface area contributed by atoms with Gasteiger partial charge in [0.05, 0.1) is 18.8 Å². The Labute approximate surface area is 116 Å². The van der Waals surface area contributed by atoms with Crippen LogP contribution in [0.5, 0.6) is 0 Å². The van der Waals surface area contributed by atoms with Gasteiger partial charge in [0.2, 0.25) is 0 Å². The minimum atomic E-state index is 0.453. The average Bonchev–Trinajstić information content (AvgIpc) is 2.79. The van der Waals surface area contributed by atoms with Crippen LogP contribution in [-0.2, 0) is 17.8 Å². The second-order valence-corrected chi connectivity index (χ2v) is 5.38. The van der Waals surface area contributed by atoms with E-state index in [-0.39, 0.29) is 0 Å². The quantitative estimate of drug-likeness (QED) is 0.743. The summed E-state index contributed by atoms with van der Waals surface area (Å²) >= 11 is 0. The molecular weight excluding hydrogens is 242 g/mol. The molecule has 1 N–H and O–H groups in total. The molecule has 0 bridgehead atoms. The summed E-state index contributed by atoms with van der Waals surface area (Å²) in [5.74, 6) is 0.908. The Bertz CT molecular complexity index is 350. The summed E-state index contributed by atoms with van der Waals surface area (Å²) in [5.41, 5.74) is 0.958. The van der Waals surface area contributed by atoms with Gasteiger partial charge in [-0.25, -0.2) is 0 Å². The molecule has 0 unspecified atom stereocenters. The summed E-state index contributed by atoms with van der Waals surface area (Å²) in [6.07, 6.45) is 0. The molecule has 1 aromatic heterocycles. The van der Waals surface area contributed by atoms with Gasteiger partial charge in [0.1, 0.15) is 0 Å². The summed E-state index contributed by atoms with van der Waals surface area (Å²) in [4.78, 5) is 2.31. The summed E-state index contributed by atoms with van der Waals surface area (Å²) in [6.45, 7) is 11.7. The normalized spacial score (nSPS) is 12.0. The number of rotatable bonds is 9. The standard InChI is InChI=1S/C14H27N3O2/c1-11(2)15-9-13-8-14(19-16-13)10-17(12(3)4)6-7-18-5/h8,11-12,15H,6-7,9-10H2,1-5H3. The van der Waals surface area contributed by atoms with E-state index in [1.165, 1.54) is 0 Å². The molecular formula is C14H27N3O2. The fourth-order valence-corrected chi connectivity index (χ4v) is 1.75. The molecule has 0 aliphatic rings. The number of nitrogens with zero attached hydrogens (tertiary/aromatic N) is 2. The second kappa shape index (κ2) is 8.30. The first kappa shape index (κ1) is 16.1. The Morgan fingerprint density at radius 2 is 2.11 bits per heavy atom. The van der Waals surface area contributed by atoms with Crippen LogP contribution in [0.4, 0.5) is 0 Å². The van der Waals surface area contributed by atoms with Crippen molar-refractivity contribution in [1.82, 2.24) is 15.4 Å². The molecule has 5 heteroatoms. The fraction of sp³-hybridized carbons (Fsp3) is 0.786. The maximum absolute atomic E-state index is 5.39. The van der Waals surface area contributed by atoms with Gasteiger partial charge < -0.3 is 14.6 Å². The van der Waals surface area contributed by atoms with Crippen molar-refractivity contribution >= 4 is 0 Å². The molecule has 5 nitrogen and oxygen atoms in total. The van der Waals surface area contributed by atoms with Gasteiger partial charge in [-0.15, -0.1) is 0 Å². The van der Waals surface area contributed by atoms with Crippen LogP contribution in [0.15, 0.2) is 10.6 Å². The lowest BCUT2D eigenvalue weighted by atomic mass is 10.2. The summed E-state index contributed by atoms with van der Waals surface area (Å²) in [5, 5.41) is 7.41. The molecule has 0 saturated carbocycles. The van der Waals surface area contributed by atoms with Crippen molar-refractivity contribution in [3.05, 3.63) is 17.5 Å². The van der Waals surface area contributed by atoms with Gasteiger partial charge in [-0.3, -0.25) is 4.90 Å². The third-order valence-electron chi connectivity index (χ3n) is 2.97. The van der Waals surface area contributed by atoms with Crippen molar-refractivity contribution in [2.45, 2.75) is 52.9 Å². The van der Waals surface area contributed by atoms with Crippen molar-refractivity contribution < 1.29 is 9.26 Å². The van der Waals surface area contributed by atoms with Crippen LogP contribution in [0.1, 0.15) is 39.1 Å². The van der Waals surface area contributed by atoms with E-state index in [0.717, 1.165) is 37.7 Å². The van der Waals surface area contributed by atoms with Crippen LogP contribution < -0.4 is 5.32 Å². The van der Waals surface area contributed by atoms with Crippen LogP contribution in [0.25, 0.3) is 0 Å². The Hall–Kier alpha value is -0.910. The van der Waals surface area contributed by atoms with Crippen LogP contribution in [0.2, 0.25) is 0 Å². The van der Waals surface area contributed by atoms with Gasteiger partial charge in [0, 0.05) is 38.3 Å². The number of aromatic nitrogens is 1. The molecule has 1 rings (SSSR count). The summed E-state index contributed by atoms with van der Waals surface area (Å²) in [7, 11) is 1.72. The second-order valence-electron chi connectivity index (χ2n) is 5.38. The molecule has 0 spiro atoms. The Balaban J connectivity index is 2.50. The topological polar surface area (TPSA) is 50.5 Å². The lowest BCUT2D eigenvalue weighted by Gasteiger charge is -2.24. The molecule has 0 atom stereocenters. The van der Waals surface area contributed by atoms with Gasteiger partial charge in [0.25, 0.3) is 0 Å². The minimum Gasteiger partial charge on any atom is -0.383 e. The van der Waals surface area contributed by atoms with Gasteiger partial charge >= 0.3 is 0 Å². The van der Waals surface area contributed by atoms with E-state index < -0.39 is 0 Å². The number of hydrogen-bond donors (Lipinski definition) is 1. The third-order valence-corrected chi connectivity index (χ3v) is 2.97. The third kappa shape index (κ3) is 6.18. The van der Waals surface area contributed by atoms with Gasteiger partial charge in [-0.1, -0.05) is 19.0 Å². The fourth-order valence-electron chi connectivity index (χ4n) is 1.75. The molecule has 19 heavy (non-hydrogen) atoms. The first-order valence-corrected chi connectivity index (χ1v) is 6.93. The lowest BCUT2D eigenvalue weighted by molar-refractivity contribution is 0.117. The highest BCUT2D eigenvalue weighted by Gasteiger charge is 2.13. The van der Waals surface area contributed by atoms with E-state index in [1.54, 1.807) is 7.11 Å². The van der Waals surface area contributed by atoms with E-state index in [0.29, 0.717) is 12.1 Å². The number of ether oxygens (including phenoxy) is 1. The predicted octanol–water partition coefficient (Wildman–Crippen LogP) is 2.03. The summed E-state index contributed by atoms with van der Waals surface area (Å²) in [6, 6.07) is 2.93. The first-order chi connectivity index (χ1) is 9.02. The first-order valence-electron chi connectivity index (χ1n) is 6.93. The average molecular weight is 269 g/mol. The highest BCUT2D eigenvalue weighted by molar-refractivity contribution is 5.05. The van der Waals surface area contributed by atoms with E-state index in [2.05, 4.69) is 43.1 Å². The SMILES string of the molecule is COCCN(Cc1cc(CNC(C)C)no1)C(C)C. The van der Waals surface area contributed by atoms with E-state index in [1.807, 2.05) is 6.07 Å². The molecule has 1 heterocycles. The Morgan fingerprint density at radius 3 is 2.68 bits per heavy atom. The van der Waals surface area contributed by atoms with Crippen molar-refractivity contribution in [2.24, 2.45) is 0 Å². The van der Waals surface area contributed by atoms with Crippen molar-refractivity contribution in [2.75, 3.05) is 20.3 Å². The van der Waals surface area contributed by atoms with Crippen LogP contribution in [-0.4, -0.2) is 42.4 Å². The molecule has 0 aliphatic heterocycles. The molecule has 110 valence electrons. The Morgan fingerprint density at radius 1 is 1.37 bits per heavy atom. The molecule has 0 aliphatic carbocycles. The maximum Gasteiger partial charge on any atom is 0.151 e. The molecule has 0 saturated heterocycles. The lowest BCUT2D eigenvalue weighted by Crippen LogP contribution is -2.33. The predicted molar refractivity (Wildman–Crippen MR) is 75.9 cm³/mol. The minimum absolute atomic E-state index is 0.453. The zero-order valence-corrected chi connectivity index (χ0v) is 12.8. The zero-order valence-electron chi connectivity index (χ0n) is 12.8. The molecule has 0 fully saturated rings. The highest BCUT2D eigenvalue weighted by Crippen LogP contribution is 2.10. The number of nitrogens with one attached hydrogen (secondary N) is 1. The smallest absolute Gasteiger partial charge is 0.151 e. The monoisotopic (exact) mass is 269 g/mol. The van der Waals surface area contributed by atoms with Gasteiger partial charge in [-0.05, 0) is 13.8 Å². The number of methoxy groups -OCH3 is 1.